The van der Waals surface area contributed by atoms with E-state index in [1.165, 1.54) is 5.56 Å². The van der Waals surface area contributed by atoms with Crippen molar-refractivity contribution in [1.82, 2.24) is 5.32 Å². The van der Waals surface area contributed by atoms with Gasteiger partial charge in [0.05, 0.1) is 20.3 Å². The second-order valence-electron chi connectivity index (χ2n) is 5.50. The van der Waals surface area contributed by atoms with Crippen molar-refractivity contribution < 1.29 is 14.2 Å². The molecule has 0 aliphatic heterocycles. The molecular formula is C20H26ClNO3. The molecule has 0 aliphatic rings. The number of hydrogen-bond acceptors (Lipinski definition) is 4. The molecule has 0 aliphatic carbocycles. The Labute approximate surface area is 155 Å². The third-order valence-corrected chi connectivity index (χ3v) is 4.14. The molecule has 1 N–H and O–H groups in total. The molecule has 0 heterocycles. The molecule has 25 heavy (non-hydrogen) atoms. The number of ether oxygens (including phenoxy) is 3. The first-order valence-electron chi connectivity index (χ1n) is 8.60. The van der Waals surface area contributed by atoms with E-state index in [-0.39, 0.29) is 0 Å². The Morgan fingerprint density at radius 2 is 1.60 bits per heavy atom. The summed E-state index contributed by atoms with van der Waals surface area (Å²) < 4.78 is 16.6. The van der Waals surface area contributed by atoms with Crippen LogP contribution in [-0.4, -0.2) is 26.9 Å². The van der Waals surface area contributed by atoms with E-state index in [0.29, 0.717) is 30.5 Å². The molecule has 0 atom stereocenters. The van der Waals surface area contributed by atoms with E-state index < -0.39 is 0 Å². The van der Waals surface area contributed by atoms with Crippen molar-refractivity contribution in [2.45, 2.75) is 26.8 Å². The first kappa shape index (κ1) is 19.4. The Morgan fingerprint density at radius 1 is 0.920 bits per heavy atom. The summed E-state index contributed by atoms with van der Waals surface area (Å²) in [6.45, 7) is 6.55. The summed E-state index contributed by atoms with van der Waals surface area (Å²) in [4.78, 5) is 0. The van der Waals surface area contributed by atoms with Crippen LogP contribution in [-0.2, 0) is 13.0 Å². The van der Waals surface area contributed by atoms with Gasteiger partial charge in [0, 0.05) is 17.6 Å². The molecule has 0 radical (unpaired) electrons. The minimum absolute atomic E-state index is 0.576. The summed E-state index contributed by atoms with van der Waals surface area (Å²) in [6.07, 6.45) is 0.886. The van der Waals surface area contributed by atoms with Gasteiger partial charge in [-0.1, -0.05) is 29.8 Å². The highest BCUT2D eigenvalue weighted by Gasteiger charge is 2.11. The molecule has 0 fully saturated rings. The van der Waals surface area contributed by atoms with Crippen LogP contribution < -0.4 is 19.5 Å². The number of nitrogens with one attached hydrogen (secondary N) is 1. The normalized spacial score (nSPS) is 10.6. The standard InChI is InChI=1S/C20H26ClNO3/c1-4-24-19-12-16(17(21)13-20(19)25-5-2)14-22-11-10-15-8-6-7-9-18(15)23-3/h6-9,12-13,22H,4-5,10-11,14H2,1-3H3. The van der Waals surface area contributed by atoms with E-state index in [4.69, 9.17) is 25.8 Å². The topological polar surface area (TPSA) is 39.7 Å². The van der Waals surface area contributed by atoms with Crippen LogP contribution in [0.15, 0.2) is 36.4 Å². The predicted molar refractivity (Wildman–Crippen MR) is 102 cm³/mol. The van der Waals surface area contributed by atoms with Crippen LogP contribution in [0.1, 0.15) is 25.0 Å². The quantitative estimate of drug-likeness (QED) is 0.632. The van der Waals surface area contributed by atoms with E-state index in [2.05, 4.69) is 11.4 Å². The largest absolute Gasteiger partial charge is 0.496 e. The van der Waals surface area contributed by atoms with Crippen LogP contribution in [0.3, 0.4) is 0 Å². The Balaban J connectivity index is 1.97. The van der Waals surface area contributed by atoms with Gasteiger partial charge in [0.25, 0.3) is 0 Å². The average molecular weight is 364 g/mol. The fraction of sp³-hybridized carbons (Fsp3) is 0.400. The number of methoxy groups -OCH3 is 1. The molecule has 0 amide bonds. The van der Waals surface area contributed by atoms with Gasteiger partial charge in [0.15, 0.2) is 11.5 Å². The van der Waals surface area contributed by atoms with Crippen LogP contribution in [0.25, 0.3) is 0 Å². The van der Waals surface area contributed by atoms with Gasteiger partial charge >= 0.3 is 0 Å². The molecule has 0 saturated heterocycles. The monoisotopic (exact) mass is 363 g/mol. The Kier molecular flexibility index (Phi) is 7.89. The first-order valence-corrected chi connectivity index (χ1v) is 8.98. The molecule has 2 aromatic rings. The maximum Gasteiger partial charge on any atom is 0.162 e. The lowest BCUT2D eigenvalue weighted by Crippen LogP contribution is -2.17. The lowest BCUT2D eigenvalue weighted by atomic mass is 10.1. The number of halogens is 1. The Bertz CT molecular complexity index is 676. The number of rotatable bonds is 10. The van der Waals surface area contributed by atoms with Gasteiger partial charge in [-0.25, -0.2) is 0 Å². The minimum Gasteiger partial charge on any atom is -0.496 e. The second-order valence-corrected chi connectivity index (χ2v) is 5.90. The number of para-hydroxylation sites is 1. The van der Waals surface area contributed by atoms with Gasteiger partial charge in [0.1, 0.15) is 5.75 Å². The molecular weight excluding hydrogens is 338 g/mol. The molecule has 5 heteroatoms. The van der Waals surface area contributed by atoms with Gasteiger partial charge in [0.2, 0.25) is 0 Å². The van der Waals surface area contributed by atoms with E-state index >= 15 is 0 Å². The molecule has 2 aromatic carbocycles. The molecule has 0 spiro atoms. The summed E-state index contributed by atoms with van der Waals surface area (Å²) in [5.74, 6) is 2.34. The van der Waals surface area contributed by atoms with Crippen molar-refractivity contribution in [2.24, 2.45) is 0 Å². The van der Waals surface area contributed by atoms with Crippen LogP contribution in [0.5, 0.6) is 17.2 Å². The van der Waals surface area contributed by atoms with Crippen LogP contribution in [0.4, 0.5) is 0 Å². The predicted octanol–water partition coefficient (Wildman–Crippen LogP) is 4.48. The zero-order valence-electron chi connectivity index (χ0n) is 15.1. The Morgan fingerprint density at radius 3 is 2.28 bits per heavy atom. The molecule has 0 saturated carbocycles. The molecule has 0 unspecified atom stereocenters. The summed E-state index contributed by atoms with van der Waals surface area (Å²) in [5, 5.41) is 4.10. The van der Waals surface area contributed by atoms with E-state index in [9.17, 15) is 0 Å². The smallest absolute Gasteiger partial charge is 0.162 e. The van der Waals surface area contributed by atoms with Gasteiger partial charge in [-0.3, -0.25) is 0 Å². The summed E-state index contributed by atoms with van der Waals surface area (Å²) in [5.41, 5.74) is 2.18. The first-order chi connectivity index (χ1) is 12.2. The maximum absolute atomic E-state index is 6.39. The fourth-order valence-corrected chi connectivity index (χ4v) is 2.83. The van der Waals surface area contributed by atoms with Crippen molar-refractivity contribution in [3.63, 3.8) is 0 Å². The highest BCUT2D eigenvalue weighted by atomic mass is 35.5. The zero-order valence-corrected chi connectivity index (χ0v) is 15.9. The summed E-state index contributed by atoms with van der Waals surface area (Å²) >= 11 is 6.39. The van der Waals surface area contributed by atoms with Gasteiger partial charge in [-0.05, 0) is 50.1 Å². The van der Waals surface area contributed by atoms with Crippen LogP contribution >= 0.6 is 11.6 Å². The average Bonchev–Trinajstić information content (AvgIpc) is 2.62. The van der Waals surface area contributed by atoms with Crippen molar-refractivity contribution >= 4 is 11.6 Å². The highest BCUT2D eigenvalue weighted by Crippen LogP contribution is 2.33. The highest BCUT2D eigenvalue weighted by molar-refractivity contribution is 6.31. The third-order valence-electron chi connectivity index (χ3n) is 3.79. The zero-order chi connectivity index (χ0) is 18.1. The Hall–Kier alpha value is -1.91. The number of benzene rings is 2. The fourth-order valence-electron chi connectivity index (χ4n) is 2.60. The molecule has 0 aromatic heterocycles. The van der Waals surface area contributed by atoms with Gasteiger partial charge in [-0.15, -0.1) is 0 Å². The molecule has 4 nitrogen and oxygen atoms in total. The van der Waals surface area contributed by atoms with Gasteiger partial charge < -0.3 is 19.5 Å². The molecule has 2 rings (SSSR count). The summed E-state index contributed by atoms with van der Waals surface area (Å²) in [7, 11) is 1.70. The summed E-state index contributed by atoms with van der Waals surface area (Å²) in [6, 6.07) is 11.8. The molecule has 136 valence electrons. The van der Waals surface area contributed by atoms with E-state index in [1.54, 1.807) is 7.11 Å². The lowest BCUT2D eigenvalue weighted by Gasteiger charge is -2.15. The second kappa shape index (κ2) is 10.2. The van der Waals surface area contributed by atoms with Crippen LogP contribution in [0.2, 0.25) is 5.02 Å². The minimum atomic E-state index is 0.576. The van der Waals surface area contributed by atoms with Crippen LogP contribution in [0, 0.1) is 0 Å². The van der Waals surface area contributed by atoms with E-state index in [1.807, 2.05) is 44.2 Å². The van der Waals surface area contributed by atoms with Crippen molar-refractivity contribution in [3.05, 3.63) is 52.5 Å². The molecule has 0 bridgehead atoms. The third kappa shape index (κ3) is 5.55. The number of hydrogen-bond donors (Lipinski definition) is 1. The SMILES string of the molecule is CCOc1cc(Cl)c(CNCCc2ccccc2OC)cc1OCC. The van der Waals surface area contributed by atoms with E-state index in [0.717, 1.165) is 30.0 Å². The maximum atomic E-state index is 6.39. The van der Waals surface area contributed by atoms with Gasteiger partial charge in [-0.2, -0.15) is 0 Å². The van der Waals surface area contributed by atoms with Crippen molar-refractivity contribution in [3.8, 4) is 17.2 Å². The van der Waals surface area contributed by atoms with Crippen molar-refractivity contribution in [1.29, 1.82) is 0 Å². The lowest BCUT2D eigenvalue weighted by molar-refractivity contribution is 0.287. The van der Waals surface area contributed by atoms with Crippen molar-refractivity contribution in [2.75, 3.05) is 26.9 Å².